The lowest BCUT2D eigenvalue weighted by Crippen LogP contribution is -2.29. The van der Waals surface area contributed by atoms with Gasteiger partial charge in [0.25, 0.3) is 0 Å². The van der Waals surface area contributed by atoms with Crippen molar-refractivity contribution in [2.45, 2.75) is 38.6 Å². The molecule has 4 heteroatoms. The number of hydrogen-bond donors (Lipinski definition) is 1. The lowest BCUT2D eigenvalue weighted by Gasteiger charge is -2.27. The zero-order valence-electron chi connectivity index (χ0n) is 12.9. The van der Waals surface area contributed by atoms with Gasteiger partial charge in [-0.05, 0) is 44.0 Å². The van der Waals surface area contributed by atoms with Crippen LogP contribution in [0.1, 0.15) is 43.1 Å². The van der Waals surface area contributed by atoms with Gasteiger partial charge in [-0.15, -0.1) is 0 Å². The van der Waals surface area contributed by atoms with E-state index in [2.05, 4.69) is 28.7 Å². The van der Waals surface area contributed by atoms with Crippen LogP contribution >= 0.6 is 0 Å². The van der Waals surface area contributed by atoms with Crippen molar-refractivity contribution in [2.75, 3.05) is 13.1 Å². The molecule has 0 radical (unpaired) electrons. The van der Waals surface area contributed by atoms with Gasteiger partial charge in [0, 0.05) is 23.9 Å². The van der Waals surface area contributed by atoms with Crippen molar-refractivity contribution in [3.63, 3.8) is 0 Å². The highest BCUT2D eigenvalue weighted by Crippen LogP contribution is 2.33. The summed E-state index contributed by atoms with van der Waals surface area (Å²) in [5.41, 5.74) is 2.99. The topological polar surface area (TPSA) is 29.9 Å². The van der Waals surface area contributed by atoms with Crippen LogP contribution in [0.2, 0.25) is 0 Å². The molecule has 0 bridgehead atoms. The third-order valence-electron chi connectivity index (χ3n) is 4.75. The average molecular weight is 287 g/mol. The maximum absolute atomic E-state index is 13.8. The summed E-state index contributed by atoms with van der Waals surface area (Å²) in [5.74, 6) is -0.144. The van der Waals surface area contributed by atoms with Gasteiger partial charge in [0.05, 0.1) is 12.4 Å². The molecule has 1 fully saturated rings. The molecule has 0 spiro atoms. The van der Waals surface area contributed by atoms with Gasteiger partial charge in [0.2, 0.25) is 0 Å². The molecule has 1 N–H and O–H groups in total. The van der Waals surface area contributed by atoms with Crippen molar-refractivity contribution in [3.05, 3.63) is 53.4 Å². The smallest absolute Gasteiger partial charge is 0.126 e. The molecule has 21 heavy (non-hydrogen) atoms. The van der Waals surface area contributed by atoms with E-state index in [1.165, 1.54) is 5.69 Å². The van der Waals surface area contributed by atoms with Crippen LogP contribution in [0.3, 0.4) is 0 Å². The number of imidazole rings is 1. The molecule has 2 aromatic rings. The maximum atomic E-state index is 13.8. The van der Waals surface area contributed by atoms with Gasteiger partial charge in [-0.2, -0.15) is 0 Å². The van der Waals surface area contributed by atoms with Gasteiger partial charge in [-0.1, -0.05) is 19.1 Å². The zero-order chi connectivity index (χ0) is 15.0. The summed E-state index contributed by atoms with van der Waals surface area (Å²) in [5, 5.41) is 3.42. The lowest BCUT2D eigenvalue weighted by atomic mass is 9.86. The quantitative estimate of drug-likeness (QED) is 0.939. The van der Waals surface area contributed by atoms with Gasteiger partial charge in [0.15, 0.2) is 0 Å². The number of halogens is 1. The summed E-state index contributed by atoms with van der Waals surface area (Å²) in [6, 6.07) is 5.56. The number of aryl methyl sites for hydroxylation is 1. The van der Waals surface area contributed by atoms with Crippen LogP contribution in [-0.2, 0) is 5.41 Å². The fourth-order valence-electron chi connectivity index (χ4n) is 3.15. The first-order chi connectivity index (χ1) is 10.0. The summed E-state index contributed by atoms with van der Waals surface area (Å²) < 4.78 is 16.0. The van der Waals surface area contributed by atoms with Crippen LogP contribution in [0.4, 0.5) is 4.39 Å². The SMILES string of the molecule is Cc1ccc(C(C)n2cncc2C2(C)CCNC2)cc1F. The van der Waals surface area contributed by atoms with Crippen molar-refractivity contribution < 1.29 is 4.39 Å². The molecule has 2 heterocycles. The number of hydrogen-bond acceptors (Lipinski definition) is 2. The molecule has 112 valence electrons. The summed E-state index contributed by atoms with van der Waals surface area (Å²) in [6.07, 6.45) is 4.92. The highest BCUT2D eigenvalue weighted by molar-refractivity contribution is 5.28. The van der Waals surface area contributed by atoms with E-state index in [1.807, 2.05) is 24.7 Å². The monoisotopic (exact) mass is 287 g/mol. The van der Waals surface area contributed by atoms with E-state index in [4.69, 9.17) is 0 Å². The molecule has 2 unspecified atom stereocenters. The van der Waals surface area contributed by atoms with Crippen LogP contribution in [0, 0.1) is 12.7 Å². The number of benzene rings is 1. The largest absolute Gasteiger partial charge is 0.327 e. The second kappa shape index (κ2) is 5.26. The van der Waals surface area contributed by atoms with Crippen molar-refractivity contribution in [2.24, 2.45) is 0 Å². The van der Waals surface area contributed by atoms with Crippen LogP contribution < -0.4 is 5.32 Å². The fraction of sp³-hybridized carbons (Fsp3) is 0.471. The Labute approximate surface area is 125 Å². The fourth-order valence-corrected chi connectivity index (χ4v) is 3.15. The summed E-state index contributed by atoms with van der Waals surface area (Å²) in [7, 11) is 0. The normalized spacial score (nSPS) is 23.4. The minimum atomic E-state index is -0.144. The lowest BCUT2D eigenvalue weighted by molar-refractivity contribution is 0.459. The predicted octanol–water partition coefficient (Wildman–Crippen LogP) is 3.19. The first kappa shape index (κ1) is 14.3. The van der Waals surface area contributed by atoms with E-state index in [1.54, 1.807) is 13.0 Å². The van der Waals surface area contributed by atoms with Gasteiger partial charge in [-0.3, -0.25) is 0 Å². The molecular formula is C17H22FN3. The van der Waals surface area contributed by atoms with E-state index in [0.717, 1.165) is 25.1 Å². The van der Waals surface area contributed by atoms with Gasteiger partial charge in [-0.25, -0.2) is 9.37 Å². The Hall–Kier alpha value is -1.68. The molecule has 0 amide bonds. The number of rotatable bonds is 3. The number of nitrogens with one attached hydrogen (secondary N) is 1. The standard InChI is InChI=1S/C17H22FN3/c1-12-4-5-14(8-15(12)18)13(2)21-11-20-9-16(21)17(3)6-7-19-10-17/h4-5,8-9,11,13,19H,6-7,10H2,1-3H3. The van der Waals surface area contributed by atoms with E-state index >= 15 is 0 Å². The highest BCUT2D eigenvalue weighted by atomic mass is 19.1. The van der Waals surface area contributed by atoms with Crippen molar-refractivity contribution in [1.29, 1.82) is 0 Å². The van der Waals surface area contributed by atoms with Gasteiger partial charge in [0.1, 0.15) is 5.82 Å². The summed E-state index contributed by atoms with van der Waals surface area (Å²) >= 11 is 0. The van der Waals surface area contributed by atoms with E-state index in [0.29, 0.717) is 5.56 Å². The first-order valence-corrected chi connectivity index (χ1v) is 7.50. The third kappa shape index (κ3) is 2.48. The van der Waals surface area contributed by atoms with Gasteiger partial charge < -0.3 is 9.88 Å². The Morgan fingerprint density at radius 2 is 2.24 bits per heavy atom. The Bertz CT molecular complexity index is 641. The molecule has 3 rings (SSSR count). The summed E-state index contributed by atoms with van der Waals surface area (Å²) in [6.45, 7) is 8.16. The van der Waals surface area contributed by atoms with Crippen LogP contribution in [0.15, 0.2) is 30.7 Å². The molecule has 1 aliphatic heterocycles. The average Bonchev–Trinajstić information content (AvgIpc) is 3.10. The van der Waals surface area contributed by atoms with E-state index < -0.39 is 0 Å². The number of aromatic nitrogens is 2. The van der Waals surface area contributed by atoms with Crippen LogP contribution in [-0.4, -0.2) is 22.6 Å². The summed E-state index contributed by atoms with van der Waals surface area (Å²) in [4.78, 5) is 4.34. The molecule has 3 nitrogen and oxygen atoms in total. The Morgan fingerprint density at radius 1 is 1.43 bits per heavy atom. The minimum absolute atomic E-state index is 0.0787. The van der Waals surface area contributed by atoms with E-state index in [9.17, 15) is 4.39 Å². The Morgan fingerprint density at radius 3 is 2.90 bits per heavy atom. The molecule has 1 aromatic heterocycles. The van der Waals surface area contributed by atoms with Crippen molar-refractivity contribution >= 4 is 0 Å². The third-order valence-corrected chi connectivity index (χ3v) is 4.75. The molecule has 1 aliphatic rings. The van der Waals surface area contributed by atoms with Crippen molar-refractivity contribution in [3.8, 4) is 0 Å². The van der Waals surface area contributed by atoms with Crippen LogP contribution in [0.5, 0.6) is 0 Å². The van der Waals surface area contributed by atoms with E-state index in [-0.39, 0.29) is 17.3 Å². The Balaban J connectivity index is 1.97. The van der Waals surface area contributed by atoms with Crippen molar-refractivity contribution in [1.82, 2.24) is 14.9 Å². The molecule has 1 saturated heterocycles. The molecule has 1 aromatic carbocycles. The first-order valence-electron chi connectivity index (χ1n) is 7.50. The zero-order valence-corrected chi connectivity index (χ0v) is 12.9. The minimum Gasteiger partial charge on any atom is -0.327 e. The second-order valence-electron chi connectivity index (χ2n) is 6.36. The van der Waals surface area contributed by atoms with Crippen LogP contribution in [0.25, 0.3) is 0 Å². The number of nitrogens with zero attached hydrogens (tertiary/aromatic N) is 2. The maximum Gasteiger partial charge on any atom is 0.126 e. The molecular weight excluding hydrogens is 265 g/mol. The molecule has 0 saturated carbocycles. The second-order valence-corrected chi connectivity index (χ2v) is 6.36. The van der Waals surface area contributed by atoms with Gasteiger partial charge >= 0.3 is 0 Å². The molecule has 2 atom stereocenters. The predicted molar refractivity (Wildman–Crippen MR) is 82.0 cm³/mol. The Kier molecular flexibility index (Phi) is 3.57. The molecule has 0 aliphatic carbocycles. The highest BCUT2D eigenvalue weighted by Gasteiger charge is 2.34.